The van der Waals surface area contributed by atoms with Crippen molar-refractivity contribution in [3.05, 3.63) is 34.3 Å². The van der Waals surface area contributed by atoms with E-state index in [4.69, 9.17) is 17.3 Å². The summed E-state index contributed by atoms with van der Waals surface area (Å²) >= 11 is 6.08. The Kier molecular flexibility index (Phi) is 2.77. The third kappa shape index (κ3) is 1.65. The van der Waals surface area contributed by atoms with Gasteiger partial charge in [-0.1, -0.05) is 23.7 Å². The minimum Gasteiger partial charge on any atom is -0.388 e. The average Bonchev–Trinajstić information content (AvgIpc) is 2.19. The molecule has 2 nitrogen and oxygen atoms in total. The Labute approximate surface area is 88.7 Å². The fourth-order valence-electron chi connectivity index (χ4n) is 2.10. The van der Waals surface area contributed by atoms with Crippen molar-refractivity contribution in [3.63, 3.8) is 0 Å². The summed E-state index contributed by atoms with van der Waals surface area (Å²) in [5, 5.41) is 10.6. The van der Waals surface area contributed by atoms with Crippen molar-refractivity contribution in [3.8, 4) is 0 Å². The number of aliphatic hydroxyl groups is 1. The number of hydrogen-bond acceptors (Lipinski definition) is 2. The molecule has 2 rings (SSSR count). The van der Waals surface area contributed by atoms with E-state index in [-0.39, 0.29) is 0 Å². The highest BCUT2D eigenvalue weighted by Crippen LogP contribution is 2.36. The highest BCUT2D eigenvalue weighted by molar-refractivity contribution is 6.31. The Bertz CT molecular complexity index is 340. The summed E-state index contributed by atoms with van der Waals surface area (Å²) in [6.07, 6.45) is 1.25. The number of aliphatic hydroxyl groups excluding tert-OH is 1. The Morgan fingerprint density at radius 3 is 3.00 bits per heavy atom. The maximum Gasteiger partial charge on any atom is 0.0796 e. The Morgan fingerprint density at radius 1 is 1.50 bits per heavy atom. The van der Waals surface area contributed by atoms with Gasteiger partial charge in [0, 0.05) is 5.02 Å². The van der Waals surface area contributed by atoms with Gasteiger partial charge in [-0.3, -0.25) is 0 Å². The molecule has 14 heavy (non-hydrogen) atoms. The Balaban J connectivity index is 2.40. The van der Waals surface area contributed by atoms with Crippen LogP contribution in [0, 0.1) is 5.92 Å². The lowest BCUT2D eigenvalue weighted by atomic mass is 9.82. The Hall–Kier alpha value is -0.570. The van der Waals surface area contributed by atoms with Gasteiger partial charge in [-0.25, -0.2) is 0 Å². The van der Waals surface area contributed by atoms with Crippen molar-refractivity contribution in [1.82, 2.24) is 0 Å². The molecule has 3 N–H and O–H groups in total. The van der Waals surface area contributed by atoms with Gasteiger partial charge in [0.1, 0.15) is 0 Å². The van der Waals surface area contributed by atoms with Gasteiger partial charge in [0.25, 0.3) is 0 Å². The minimum atomic E-state index is -0.397. The van der Waals surface area contributed by atoms with E-state index < -0.39 is 6.10 Å². The highest BCUT2D eigenvalue weighted by Gasteiger charge is 2.25. The lowest BCUT2D eigenvalue weighted by Crippen LogP contribution is -2.25. The SMILES string of the molecule is NCC1Cc2c(Cl)cccc2C(O)C1. The number of benzene rings is 1. The zero-order valence-electron chi connectivity index (χ0n) is 7.91. The van der Waals surface area contributed by atoms with Crippen LogP contribution < -0.4 is 5.73 Å². The molecule has 1 aromatic rings. The molecule has 2 unspecified atom stereocenters. The molecule has 2 atom stereocenters. The summed E-state index contributed by atoms with van der Waals surface area (Å²) in [4.78, 5) is 0. The van der Waals surface area contributed by atoms with E-state index in [1.807, 2.05) is 18.2 Å². The zero-order valence-corrected chi connectivity index (χ0v) is 8.67. The predicted octanol–water partition coefficient (Wildman–Crippen LogP) is 1.89. The van der Waals surface area contributed by atoms with Gasteiger partial charge in [-0.15, -0.1) is 0 Å². The molecule has 0 radical (unpaired) electrons. The van der Waals surface area contributed by atoms with Gasteiger partial charge in [0.15, 0.2) is 0 Å². The standard InChI is InChI=1S/C11H14ClNO/c12-10-3-1-2-8-9(10)4-7(6-13)5-11(8)14/h1-3,7,11,14H,4-6,13H2. The van der Waals surface area contributed by atoms with Crippen LogP contribution in [0.5, 0.6) is 0 Å². The van der Waals surface area contributed by atoms with Crippen molar-refractivity contribution in [2.45, 2.75) is 18.9 Å². The van der Waals surface area contributed by atoms with Crippen LogP contribution in [0.1, 0.15) is 23.7 Å². The van der Waals surface area contributed by atoms with Crippen LogP contribution in [0.25, 0.3) is 0 Å². The van der Waals surface area contributed by atoms with Crippen molar-refractivity contribution >= 4 is 11.6 Å². The van der Waals surface area contributed by atoms with Crippen LogP contribution in [-0.4, -0.2) is 11.7 Å². The number of rotatable bonds is 1. The molecule has 1 aliphatic rings. The molecule has 0 saturated heterocycles. The highest BCUT2D eigenvalue weighted by atomic mass is 35.5. The molecule has 1 aromatic carbocycles. The zero-order chi connectivity index (χ0) is 10.1. The lowest BCUT2D eigenvalue weighted by Gasteiger charge is -2.28. The average molecular weight is 212 g/mol. The van der Waals surface area contributed by atoms with Crippen LogP contribution in [0.4, 0.5) is 0 Å². The second-order valence-corrected chi connectivity index (χ2v) is 4.27. The second-order valence-electron chi connectivity index (χ2n) is 3.86. The van der Waals surface area contributed by atoms with E-state index in [2.05, 4.69) is 0 Å². The molecule has 0 amide bonds. The number of nitrogens with two attached hydrogens (primary N) is 1. The summed E-state index contributed by atoms with van der Waals surface area (Å²) in [5.41, 5.74) is 7.67. The van der Waals surface area contributed by atoms with Gasteiger partial charge in [-0.2, -0.15) is 0 Å². The van der Waals surface area contributed by atoms with E-state index in [1.54, 1.807) is 0 Å². The number of hydrogen-bond donors (Lipinski definition) is 2. The fraction of sp³-hybridized carbons (Fsp3) is 0.455. The van der Waals surface area contributed by atoms with Gasteiger partial charge in [0.2, 0.25) is 0 Å². The molecule has 0 aliphatic heterocycles. The summed E-state index contributed by atoms with van der Waals surface area (Å²) in [6, 6.07) is 5.69. The van der Waals surface area contributed by atoms with Crippen molar-refractivity contribution in [1.29, 1.82) is 0 Å². The number of fused-ring (bicyclic) bond motifs is 1. The van der Waals surface area contributed by atoms with E-state index in [9.17, 15) is 5.11 Å². The molecule has 0 spiro atoms. The smallest absolute Gasteiger partial charge is 0.0796 e. The summed E-state index contributed by atoms with van der Waals surface area (Å²) in [7, 11) is 0. The second kappa shape index (κ2) is 3.89. The molecular weight excluding hydrogens is 198 g/mol. The predicted molar refractivity (Wildman–Crippen MR) is 57.3 cm³/mol. The van der Waals surface area contributed by atoms with Crippen LogP contribution in [0.3, 0.4) is 0 Å². The maximum absolute atomic E-state index is 9.87. The third-order valence-electron chi connectivity index (χ3n) is 2.90. The normalized spacial score (nSPS) is 25.9. The lowest BCUT2D eigenvalue weighted by molar-refractivity contribution is 0.134. The van der Waals surface area contributed by atoms with E-state index in [0.29, 0.717) is 12.5 Å². The fourth-order valence-corrected chi connectivity index (χ4v) is 2.36. The van der Waals surface area contributed by atoms with Gasteiger partial charge in [0.05, 0.1) is 6.10 Å². The van der Waals surface area contributed by atoms with Crippen LogP contribution in [0.2, 0.25) is 5.02 Å². The van der Waals surface area contributed by atoms with E-state index >= 15 is 0 Å². The first-order chi connectivity index (χ1) is 6.72. The summed E-state index contributed by atoms with van der Waals surface area (Å²) in [6.45, 7) is 0.613. The molecule has 0 fully saturated rings. The van der Waals surface area contributed by atoms with Crippen molar-refractivity contribution in [2.24, 2.45) is 11.7 Å². The molecule has 0 aromatic heterocycles. The van der Waals surface area contributed by atoms with Gasteiger partial charge in [-0.05, 0) is 42.5 Å². The minimum absolute atomic E-state index is 0.359. The van der Waals surface area contributed by atoms with Gasteiger partial charge >= 0.3 is 0 Å². The monoisotopic (exact) mass is 211 g/mol. The molecular formula is C11H14ClNO. The van der Waals surface area contributed by atoms with Crippen molar-refractivity contribution < 1.29 is 5.11 Å². The first kappa shape index (κ1) is 9.97. The first-order valence-electron chi connectivity index (χ1n) is 4.87. The maximum atomic E-state index is 9.87. The van der Waals surface area contributed by atoms with Crippen LogP contribution in [0.15, 0.2) is 18.2 Å². The largest absolute Gasteiger partial charge is 0.388 e. The molecule has 76 valence electrons. The topological polar surface area (TPSA) is 46.2 Å². The molecule has 0 heterocycles. The van der Waals surface area contributed by atoms with Gasteiger partial charge < -0.3 is 10.8 Å². The molecule has 0 bridgehead atoms. The first-order valence-corrected chi connectivity index (χ1v) is 5.25. The number of halogens is 1. The summed E-state index contributed by atoms with van der Waals surface area (Å²) in [5.74, 6) is 0.359. The molecule has 1 aliphatic carbocycles. The van der Waals surface area contributed by atoms with E-state index in [1.165, 1.54) is 0 Å². The van der Waals surface area contributed by atoms with Crippen LogP contribution in [-0.2, 0) is 6.42 Å². The Morgan fingerprint density at radius 2 is 2.29 bits per heavy atom. The third-order valence-corrected chi connectivity index (χ3v) is 3.25. The van der Waals surface area contributed by atoms with Crippen LogP contribution >= 0.6 is 11.6 Å². The molecule has 0 saturated carbocycles. The molecule has 3 heteroatoms. The quantitative estimate of drug-likeness (QED) is 0.746. The van der Waals surface area contributed by atoms with Crippen molar-refractivity contribution in [2.75, 3.05) is 6.54 Å². The summed E-state index contributed by atoms with van der Waals surface area (Å²) < 4.78 is 0. The van der Waals surface area contributed by atoms with E-state index in [0.717, 1.165) is 29.0 Å².